The van der Waals surface area contributed by atoms with E-state index >= 15 is 0 Å². The lowest BCUT2D eigenvalue weighted by atomic mass is 10.2. The van der Waals surface area contributed by atoms with Gasteiger partial charge in [-0.25, -0.2) is 4.39 Å². The van der Waals surface area contributed by atoms with E-state index in [0.29, 0.717) is 22.9 Å². The molecule has 0 aliphatic carbocycles. The minimum Gasteiger partial charge on any atom is -0.330 e. The van der Waals surface area contributed by atoms with Crippen molar-refractivity contribution in [2.24, 2.45) is 5.73 Å². The van der Waals surface area contributed by atoms with Gasteiger partial charge in [0.05, 0.1) is 9.90 Å². The molecule has 1 aromatic heterocycles. The number of nitrogens with two attached hydrogens (primary N) is 1. The van der Waals surface area contributed by atoms with E-state index in [1.54, 1.807) is 11.4 Å². The van der Waals surface area contributed by atoms with E-state index < -0.39 is 6.17 Å². The van der Waals surface area contributed by atoms with Gasteiger partial charge in [0.1, 0.15) is 6.17 Å². The fraction of sp³-hybridized carbons (Fsp3) is 0.429. The third-order valence-corrected chi connectivity index (χ3v) is 2.79. The summed E-state index contributed by atoms with van der Waals surface area (Å²) in [5, 5.41) is 2.29. The van der Waals surface area contributed by atoms with Gasteiger partial charge in [-0.2, -0.15) is 0 Å². The second kappa shape index (κ2) is 4.04. The molecule has 0 saturated carbocycles. The first kappa shape index (κ1) is 8.97. The molecule has 4 heteroatoms. The summed E-state index contributed by atoms with van der Waals surface area (Å²) >= 11 is 7.04. The van der Waals surface area contributed by atoms with E-state index in [-0.39, 0.29) is 0 Å². The van der Waals surface area contributed by atoms with E-state index in [0.717, 1.165) is 0 Å². The van der Waals surface area contributed by atoms with Gasteiger partial charge in [-0.3, -0.25) is 0 Å². The average Bonchev–Trinajstić information content (AvgIpc) is 2.36. The predicted molar refractivity (Wildman–Crippen MR) is 46.8 cm³/mol. The molecule has 0 radical (unpaired) electrons. The molecule has 1 atom stereocenters. The monoisotopic (exact) mass is 193 g/mol. The number of thiophene rings is 1. The fourth-order valence-corrected chi connectivity index (χ4v) is 1.99. The van der Waals surface area contributed by atoms with Crippen molar-refractivity contribution in [2.75, 3.05) is 6.54 Å². The third-order valence-electron chi connectivity index (χ3n) is 1.35. The number of hydrogen-bond donors (Lipinski definition) is 1. The fourth-order valence-electron chi connectivity index (χ4n) is 0.806. The molecule has 0 aliphatic heterocycles. The molecule has 0 fully saturated rings. The lowest BCUT2D eigenvalue weighted by Gasteiger charge is -2.03. The van der Waals surface area contributed by atoms with Crippen LogP contribution in [0.4, 0.5) is 4.39 Å². The second-order valence-electron chi connectivity index (χ2n) is 2.18. The quantitative estimate of drug-likeness (QED) is 0.785. The Labute approximate surface area is 74.0 Å². The Morgan fingerprint density at radius 3 is 2.91 bits per heavy atom. The summed E-state index contributed by atoms with van der Waals surface area (Å²) in [6, 6.07) is 1.70. The number of halogens is 2. The van der Waals surface area contributed by atoms with E-state index in [4.69, 9.17) is 17.3 Å². The van der Waals surface area contributed by atoms with Gasteiger partial charge in [0.25, 0.3) is 0 Å². The molecule has 0 spiro atoms. The van der Waals surface area contributed by atoms with Gasteiger partial charge in [0, 0.05) is 0 Å². The Kier molecular flexibility index (Phi) is 3.30. The summed E-state index contributed by atoms with van der Waals surface area (Å²) in [6.45, 7) is 0.357. The van der Waals surface area contributed by atoms with Gasteiger partial charge < -0.3 is 5.73 Å². The summed E-state index contributed by atoms with van der Waals surface area (Å²) in [6.07, 6.45) is -0.646. The molecule has 1 unspecified atom stereocenters. The van der Waals surface area contributed by atoms with Crippen molar-refractivity contribution in [2.45, 2.75) is 12.6 Å². The Bertz CT molecular complexity index is 226. The van der Waals surface area contributed by atoms with Crippen LogP contribution in [0, 0.1) is 0 Å². The Morgan fingerprint density at radius 1 is 1.73 bits per heavy atom. The molecule has 0 amide bonds. The van der Waals surface area contributed by atoms with Crippen LogP contribution in [0.5, 0.6) is 0 Å². The van der Waals surface area contributed by atoms with E-state index in [1.165, 1.54) is 11.3 Å². The number of rotatable bonds is 3. The van der Waals surface area contributed by atoms with Crippen LogP contribution >= 0.6 is 22.9 Å². The van der Waals surface area contributed by atoms with Gasteiger partial charge in [-0.1, -0.05) is 11.6 Å². The Balaban J connectivity index is 2.67. The molecular weight excluding hydrogens is 185 g/mol. The lowest BCUT2D eigenvalue weighted by molar-refractivity contribution is 0.333. The van der Waals surface area contributed by atoms with Gasteiger partial charge in [-0.15, -0.1) is 11.3 Å². The van der Waals surface area contributed by atoms with Crippen molar-refractivity contribution in [1.29, 1.82) is 0 Å². The summed E-state index contributed by atoms with van der Waals surface area (Å²) in [4.78, 5) is 0.595. The largest absolute Gasteiger partial charge is 0.330 e. The summed E-state index contributed by atoms with van der Waals surface area (Å²) in [5.74, 6) is 0. The summed E-state index contributed by atoms with van der Waals surface area (Å²) in [7, 11) is 0. The van der Waals surface area contributed by atoms with Crippen molar-refractivity contribution in [3.63, 3.8) is 0 Å². The lowest BCUT2D eigenvalue weighted by Crippen LogP contribution is -2.02. The number of alkyl halides is 1. The SMILES string of the molecule is NCCC(F)c1sccc1Cl. The molecule has 0 saturated heterocycles. The zero-order valence-electron chi connectivity index (χ0n) is 5.89. The summed E-state index contributed by atoms with van der Waals surface area (Å²) < 4.78 is 13.1. The molecule has 2 N–H and O–H groups in total. The van der Waals surface area contributed by atoms with Gasteiger partial charge in [0.15, 0.2) is 0 Å². The molecular formula is C7H9ClFNS. The van der Waals surface area contributed by atoms with Crippen LogP contribution in [0.3, 0.4) is 0 Å². The maximum Gasteiger partial charge on any atom is 0.137 e. The van der Waals surface area contributed by atoms with Crippen molar-refractivity contribution in [3.05, 3.63) is 21.3 Å². The normalized spacial score (nSPS) is 13.4. The highest BCUT2D eigenvalue weighted by molar-refractivity contribution is 7.10. The molecule has 0 aliphatic rings. The van der Waals surface area contributed by atoms with Crippen LogP contribution in [0.25, 0.3) is 0 Å². The first-order chi connectivity index (χ1) is 5.25. The van der Waals surface area contributed by atoms with Crippen LogP contribution < -0.4 is 5.73 Å². The van der Waals surface area contributed by atoms with Crippen molar-refractivity contribution in [3.8, 4) is 0 Å². The first-order valence-corrected chi connectivity index (χ1v) is 4.58. The Hall–Kier alpha value is -0.120. The zero-order valence-corrected chi connectivity index (χ0v) is 7.46. The van der Waals surface area contributed by atoms with Gasteiger partial charge in [0.2, 0.25) is 0 Å². The van der Waals surface area contributed by atoms with Crippen LogP contribution in [-0.2, 0) is 0 Å². The highest BCUT2D eigenvalue weighted by atomic mass is 35.5. The minimum atomic E-state index is -0.993. The van der Waals surface area contributed by atoms with Crippen molar-refractivity contribution >= 4 is 22.9 Å². The third kappa shape index (κ3) is 2.15. The highest BCUT2D eigenvalue weighted by Crippen LogP contribution is 2.32. The highest BCUT2D eigenvalue weighted by Gasteiger charge is 2.13. The maximum absolute atomic E-state index is 13.1. The molecule has 0 aromatic carbocycles. The van der Waals surface area contributed by atoms with Crippen molar-refractivity contribution in [1.82, 2.24) is 0 Å². The molecule has 11 heavy (non-hydrogen) atoms. The molecule has 1 aromatic rings. The first-order valence-electron chi connectivity index (χ1n) is 3.32. The maximum atomic E-state index is 13.1. The molecule has 0 bridgehead atoms. The Morgan fingerprint density at radius 2 is 2.45 bits per heavy atom. The molecule has 1 nitrogen and oxygen atoms in total. The van der Waals surface area contributed by atoms with E-state index in [1.807, 2.05) is 0 Å². The van der Waals surface area contributed by atoms with E-state index in [2.05, 4.69) is 0 Å². The van der Waals surface area contributed by atoms with Crippen molar-refractivity contribution < 1.29 is 4.39 Å². The standard InChI is InChI=1S/C7H9ClFNS/c8-5-2-4-11-7(5)6(9)1-3-10/h2,4,6H,1,3,10H2. The minimum absolute atomic E-state index is 0.347. The second-order valence-corrected chi connectivity index (χ2v) is 3.53. The predicted octanol–water partition coefficient (Wildman–Crippen LogP) is 2.76. The molecule has 62 valence electrons. The van der Waals surface area contributed by atoms with E-state index in [9.17, 15) is 4.39 Å². The average molecular weight is 194 g/mol. The smallest absolute Gasteiger partial charge is 0.137 e. The zero-order chi connectivity index (χ0) is 8.27. The molecule has 1 heterocycles. The van der Waals surface area contributed by atoms with Crippen LogP contribution in [0.1, 0.15) is 17.5 Å². The van der Waals surface area contributed by atoms with Gasteiger partial charge >= 0.3 is 0 Å². The summed E-state index contributed by atoms with van der Waals surface area (Å²) in [5.41, 5.74) is 5.21. The molecule has 1 rings (SSSR count). The number of hydrogen-bond acceptors (Lipinski definition) is 2. The van der Waals surface area contributed by atoms with Gasteiger partial charge in [-0.05, 0) is 24.4 Å². The topological polar surface area (TPSA) is 26.0 Å². The van der Waals surface area contributed by atoms with Crippen LogP contribution in [-0.4, -0.2) is 6.54 Å². The van der Waals surface area contributed by atoms with Crippen LogP contribution in [0.2, 0.25) is 5.02 Å². The van der Waals surface area contributed by atoms with Crippen LogP contribution in [0.15, 0.2) is 11.4 Å².